The van der Waals surface area contributed by atoms with Crippen molar-refractivity contribution in [3.05, 3.63) is 60.7 Å². The lowest BCUT2D eigenvalue weighted by atomic mass is 10.0. The minimum Gasteiger partial charge on any atom is -0.508 e. The predicted octanol–water partition coefficient (Wildman–Crippen LogP) is 4.88. The summed E-state index contributed by atoms with van der Waals surface area (Å²) in [5, 5.41) is 23.2. The molecule has 1 heterocycles. The molecular weight excluding hydrogens is 404 g/mol. The van der Waals surface area contributed by atoms with Crippen LogP contribution in [-0.4, -0.2) is 34.8 Å². The van der Waals surface area contributed by atoms with E-state index < -0.39 is 6.04 Å². The van der Waals surface area contributed by atoms with E-state index in [0.717, 1.165) is 17.7 Å². The van der Waals surface area contributed by atoms with Crippen LogP contribution in [0.25, 0.3) is 11.3 Å². The molecule has 1 aromatic heterocycles. The van der Waals surface area contributed by atoms with Gasteiger partial charge in [-0.1, -0.05) is 56.3 Å². The maximum Gasteiger partial charge on any atom is 0.242 e. The second-order valence-corrected chi connectivity index (χ2v) is 8.31. The Labute approximate surface area is 189 Å². The third kappa shape index (κ3) is 6.77. The van der Waals surface area contributed by atoms with E-state index in [1.54, 1.807) is 12.1 Å². The normalized spacial score (nSPS) is 12.9. The lowest BCUT2D eigenvalue weighted by Crippen LogP contribution is -2.47. The second kappa shape index (κ2) is 11.2. The molecule has 0 bridgehead atoms. The number of phenolic OH excluding ortho intramolecular Hbond substituents is 1. The lowest BCUT2D eigenvalue weighted by Gasteiger charge is -2.24. The number of nitrogens with zero attached hydrogens (tertiary/aromatic N) is 1. The Bertz CT molecular complexity index is 970. The second-order valence-electron chi connectivity index (χ2n) is 8.31. The summed E-state index contributed by atoms with van der Waals surface area (Å²) in [5.41, 5.74) is 1.83. The number of aromatic nitrogens is 1. The molecule has 0 unspecified atom stereocenters. The molecular formula is C25H32N4O3. The minimum absolute atomic E-state index is 0.0371. The number of benzene rings is 2. The van der Waals surface area contributed by atoms with Crippen molar-refractivity contribution in [3.63, 3.8) is 0 Å². The number of nitrogens with one attached hydrogen (secondary N) is 3. The molecule has 4 N–H and O–H groups in total. The van der Waals surface area contributed by atoms with Gasteiger partial charge < -0.3 is 25.6 Å². The van der Waals surface area contributed by atoms with Crippen molar-refractivity contribution in [3.8, 4) is 17.1 Å². The molecule has 0 aliphatic rings. The Morgan fingerprint density at radius 2 is 1.81 bits per heavy atom. The largest absolute Gasteiger partial charge is 0.508 e. The topological polar surface area (TPSA) is 99.4 Å². The van der Waals surface area contributed by atoms with Crippen LogP contribution in [0.15, 0.2) is 65.2 Å². The molecule has 170 valence electrons. The number of carbonyl (C=O) groups excluding carboxylic acids is 1. The fourth-order valence-corrected chi connectivity index (χ4v) is 3.38. The van der Waals surface area contributed by atoms with E-state index in [4.69, 9.17) is 4.52 Å². The lowest BCUT2D eigenvalue weighted by molar-refractivity contribution is -0.122. The summed E-state index contributed by atoms with van der Waals surface area (Å²) in [7, 11) is 0. The number of anilines is 2. The van der Waals surface area contributed by atoms with E-state index in [0.29, 0.717) is 30.5 Å². The first-order chi connectivity index (χ1) is 15.4. The summed E-state index contributed by atoms with van der Waals surface area (Å²) in [6, 6.07) is 18.0. The Balaban J connectivity index is 1.62. The summed E-state index contributed by atoms with van der Waals surface area (Å²) in [4.78, 5) is 13.1. The fourth-order valence-electron chi connectivity index (χ4n) is 3.38. The summed E-state index contributed by atoms with van der Waals surface area (Å²) in [6.45, 7) is 6.80. The molecule has 7 nitrogen and oxygen atoms in total. The standard InChI is InChI=1S/C25H32N4O3/c1-4-19(16-26-20-10-12-21(30)13-11-20)27-25(31)22(14-17(2)3)28-24-15-23(32-29-24)18-8-6-5-7-9-18/h5-13,15,17,19,22,26,30H,4,14,16H2,1-3H3,(H,27,31)(H,28,29)/t19-,22-/m0/s1. The zero-order valence-electron chi connectivity index (χ0n) is 18.8. The van der Waals surface area contributed by atoms with Crippen LogP contribution in [0, 0.1) is 5.92 Å². The van der Waals surface area contributed by atoms with Crippen molar-refractivity contribution in [2.45, 2.75) is 45.7 Å². The molecule has 0 saturated carbocycles. The number of amides is 1. The van der Waals surface area contributed by atoms with Gasteiger partial charge in [0.2, 0.25) is 5.91 Å². The van der Waals surface area contributed by atoms with Crippen molar-refractivity contribution < 1.29 is 14.4 Å². The van der Waals surface area contributed by atoms with Crippen molar-refractivity contribution in [2.24, 2.45) is 5.92 Å². The summed E-state index contributed by atoms with van der Waals surface area (Å²) in [5.74, 6) is 1.68. The number of hydrogen-bond donors (Lipinski definition) is 4. The predicted molar refractivity (Wildman–Crippen MR) is 128 cm³/mol. The monoisotopic (exact) mass is 436 g/mol. The maximum absolute atomic E-state index is 13.1. The molecule has 0 saturated heterocycles. The average Bonchev–Trinajstić information content (AvgIpc) is 3.26. The van der Waals surface area contributed by atoms with Crippen molar-refractivity contribution in [1.82, 2.24) is 10.5 Å². The van der Waals surface area contributed by atoms with E-state index in [9.17, 15) is 9.90 Å². The molecule has 3 aromatic rings. The highest BCUT2D eigenvalue weighted by atomic mass is 16.5. The van der Waals surface area contributed by atoms with Crippen molar-refractivity contribution in [2.75, 3.05) is 17.2 Å². The molecule has 0 aliphatic carbocycles. The van der Waals surface area contributed by atoms with Gasteiger partial charge in [0, 0.05) is 29.9 Å². The molecule has 2 atom stereocenters. The Hall–Kier alpha value is -3.48. The fraction of sp³-hybridized carbons (Fsp3) is 0.360. The van der Waals surface area contributed by atoms with E-state index in [1.807, 2.05) is 55.5 Å². The highest BCUT2D eigenvalue weighted by Crippen LogP contribution is 2.23. The van der Waals surface area contributed by atoms with Gasteiger partial charge in [-0.25, -0.2) is 0 Å². The van der Waals surface area contributed by atoms with E-state index >= 15 is 0 Å². The molecule has 1 amide bonds. The van der Waals surface area contributed by atoms with Gasteiger partial charge in [-0.05, 0) is 43.0 Å². The molecule has 2 aromatic carbocycles. The number of phenols is 1. The molecule has 0 radical (unpaired) electrons. The molecule has 0 aliphatic heterocycles. The number of carbonyl (C=O) groups is 1. The average molecular weight is 437 g/mol. The highest BCUT2D eigenvalue weighted by Gasteiger charge is 2.23. The van der Waals surface area contributed by atoms with Crippen LogP contribution in [0.4, 0.5) is 11.5 Å². The van der Waals surface area contributed by atoms with E-state index in [1.165, 1.54) is 0 Å². The Morgan fingerprint density at radius 3 is 2.47 bits per heavy atom. The Kier molecular flexibility index (Phi) is 8.14. The number of rotatable bonds is 11. The van der Waals surface area contributed by atoms with E-state index in [2.05, 4.69) is 35.0 Å². The quantitative estimate of drug-likeness (QED) is 0.320. The summed E-state index contributed by atoms with van der Waals surface area (Å²) < 4.78 is 5.46. The van der Waals surface area contributed by atoms with Crippen LogP contribution >= 0.6 is 0 Å². The van der Waals surface area contributed by atoms with Crippen LogP contribution in [-0.2, 0) is 4.79 Å². The molecule has 0 spiro atoms. The molecule has 7 heteroatoms. The third-order valence-corrected chi connectivity index (χ3v) is 5.17. The van der Waals surface area contributed by atoms with Crippen LogP contribution < -0.4 is 16.0 Å². The van der Waals surface area contributed by atoms with Crippen molar-refractivity contribution in [1.29, 1.82) is 0 Å². The third-order valence-electron chi connectivity index (χ3n) is 5.17. The SMILES string of the molecule is CC[C@@H](CNc1ccc(O)cc1)NC(=O)[C@H](CC(C)C)Nc1cc(-c2ccccc2)on1. The minimum atomic E-state index is -0.425. The smallest absolute Gasteiger partial charge is 0.242 e. The van der Waals surface area contributed by atoms with Crippen LogP contribution in [0.5, 0.6) is 5.75 Å². The van der Waals surface area contributed by atoms with Gasteiger partial charge in [0.05, 0.1) is 0 Å². The Morgan fingerprint density at radius 1 is 1.09 bits per heavy atom. The first-order valence-corrected chi connectivity index (χ1v) is 11.1. The number of hydrogen-bond acceptors (Lipinski definition) is 6. The van der Waals surface area contributed by atoms with Crippen molar-refractivity contribution >= 4 is 17.4 Å². The van der Waals surface area contributed by atoms with Gasteiger partial charge in [0.25, 0.3) is 0 Å². The van der Waals surface area contributed by atoms with Gasteiger partial charge >= 0.3 is 0 Å². The molecule has 3 rings (SSSR count). The summed E-state index contributed by atoms with van der Waals surface area (Å²) in [6.07, 6.45) is 1.45. The van der Waals surface area contributed by atoms with Gasteiger partial charge in [0.1, 0.15) is 11.8 Å². The van der Waals surface area contributed by atoms with Gasteiger partial charge in [-0.2, -0.15) is 0 Å². The first-order valence-electron chi connectivity index (χ1n) is 11.1. The van der Waals surface area contributed by atoms with Gasteiger partial charge in [-0.3, -0.25) is 4.79 Å². The number of aromatic hydroxyl groups is 1. The van der Waals surface area contributed by atoms with Crippen LogP contribution in [0.3, 0.4) is 0 Å². The summed E-state index contributed by atoms with van der Waals surface area (Å²) >= 11 is 0. The zero-order chi connectivity index (χ0) is 22.9. The highest BCUT2D eigenvalue weighted by molar-refractivity contribution is 5.84. The van der Waals surface area contributed by atoms with E-state index in [-0.39, 0.29) is 17.7 Å². The van der Waals surface area contributed by atoms with Gasteiger partial charge in [-0.15, -0.1) is 0 Å². The zero-order valence-corrected chi connectivity index (χ0v) is 18.8. The van der Waals surface area contributed by atoms with Crippen LogP contribution in [0.2, 0.25) is 0 Å². The maximum atomic E-state index is 13.1. The molecule has 32 heavy (non-hydrogen) atoms. The van der Waals surface area contributed by atoms with Gasteiger partial charge in [0.15, 0.2) is 11.6 Å². The molecule has 0 fully saturated rings. The van der Waals surface area contributed by atoms with Crippen LogP contribution in [0.1, 0.15) is 33.6 Å². The first kappa shape index (κ1) is 23.2.